The predicted octanol–water partition coefficient (Wildman–Crippen LogP) is 5.85. The van der Waals surface area contributed by atoms with Gasteiger partial charge in [-0.1, -0.05) is 41.4 Å². The van der Waals surface area contributed by atoms with Crippen molar-refractivity contribution in [3.63, 3.8) is 0 Å². The summed E-state index contributed by atoms with van der Waals surface area (Å²) in [6, 6.07) is 11.9. The predicted molar refractivity (Wildman–Crippen MR) is 138 cm³/mol. The van der Waals surface area contributed by atoms with Gasteiger partial charge in [-0.25, -0.2) is 4.98 Å². The van der Waals surface area contributed by atoms with Gasteiger partial charge in [-0.05, 0) is 55.9 Å². The average molecular weight is 565 g/mol. The molecule has 0 radical (unpaired) electrons. The van der Waals surface area contributed by atoms with Crippen molar-refractivity contribution >= 4 is 34.8 Å². The van der Waals surface area contributed by atoms with Crippen molar-refractivity contribution in [3.8, 4) is 0 Å². The number of carbonyl (C=O) groups excluding carboxylic acids is 1. The molecule has 2 aromatic heterocycles. The Balaban J connectivity index is 1.23. The molecular weight excluding hydrogens is 540 g/mol. The lowest BCUT2D eigenvalue weighted by Gasteiger charge is -2.33. The van der Waals surface area contributed by atoms with Crippen LogP contribution in [0.3, 0.4) is 0 Å². The smallest absolute Gasteiger partial charge is 0.377 e. The number of alkyl halides is 3. The highest BCUT2D eigenvalue weighted by atomic mass is 35.5. The minimum absolute atomic E-state index is 0.0356. The van der Waals surface area contributed by atoms with Crippen LogP contribution in [-0.4, -0.2) is 40.1 Å². The summed E-state index contributed by atoms with van der Waals surface area (Å²) >= 11 is 11.8. The molecule has 0 bridgehead atoms. The van der Waals surface area contributed by atoms with Gasteiger partial charge in [0.25, 0.3) is 5.91 Å². The fraction of sp³-hybridized carbons (Fsp3) is 0.370. The van der Waals surface area contributed by atoms with E-state index in [4.69, 9.17) is 23.2 Å². The van der Waals surface area contributed by atoms with E-state index in [1.165, 1.54) is 6.20 Å². The summed E-state index contributed by atoms with van der Waals surface area (Å²) in [4.78, 5) is 22.6. The molecule has 2 aliphatic rings. The first kappa shape index (κ1) is 26.7. The topological polar surface area (TPSA) is 78.4 Å². The number of fused-ring (bicyclic) bond motifs is 1. The van der Waals surface area contributed by atoms with Crippen molar-refractivity contribution in [2.75, 3.05) is 18.0 Å². The number of benzene rings is 1. The van der Waals surface area contributed by atoms with Gasteiger partial charge < -0.3 is 15.3 Å². The molecule has 1 aromatic carbocycles. The van der Waals surface area contributed by atoms with Crippen LogP contribution in [0.1, 0.15) is 53.0 Å². The minimum atomic E-state index is -4.76. The molecule has 3 heterocycles. The third-order valence-corrected chi connectivity index (χ3v) is 7.72. The molecule has 1 aliphatic heterocycles. The first-order valence-corrected chi connectivity index (χ1v) is 13.0. The molecule has 0 saturated heterocycles. The van der Waals surface area contributed by atoms with Gasteiger partial charge in [0, 0.05) is 36.2 Å². The summed E-state index contributed by atoms with van der Waals surface area (Å²) in [6.45, 7) is 1.05. The third kappa shape index (κ3) is 5.32. The van der Waals surface area contributed by atoms with E-state index >= 15 is 0 Å². The van der Waals surface area contributed by atoms with E-state index in [0.29, 0.717) is 36.6 Å². The summed E-state index contributed by atoms with van der Waals surface area (Å²) in [5, 5.41) is 14.9. The lowest BCUT2D eigenvalue weighted by molar-refractivity contribution is -0.141. The fourth-order valence-corrected chi connectivity index (χ4v) is 5.72. The van der Waals surface area contributed by atoms with Crippen LogP contribution in [0.2, 0.25) is 10.0 Å². The number of β-amino-alcohol motifs (C(OH)–C–C–N with tert-alkyl or cyclic N) is 1. The number of pyridine rings is 2. The monoisotopic (exact) mass is 564 g/mol. The number of amides is 1. The van der Waals surface area contributed by atoms with Crippen molar-refractivity contribution in [2.45, 2.75) is 43.5 Å². The van der Waals surface area contributed by atoms with Gasteiger partial charge in [-0.2, -0.15) is 13.2 Å². The fourth-order valence-electron chi connectivity index (χ4n) is 5.45. The average Bonchev–Trinajstić information content (AvgIpc) is 3.17. The number of nitrogens with one attached hydrogen (secondary N) is 1. The summed E-state index contributed by atoms with van der Waals surface area (Å²) in [6.07, 6.45) is 0.459. The second kappa shape index (κ2) is 10.4. The van der Waals surface area contributed by atoms with Crippen molar-refractivity contribution < 1.29 is 23.1 Å². The molecule has 38 heavy (non-hydrogen) atoms. The Kier molecular flexibility index (Phi) is 7.28. The quantitative estimate of drug-likeness (QED) is 0.406. The van der Waals surface area contributed by atoms with E-state index < -0.39 is 28.9 Å². The third-order valence-electron chi connectivity index (χ3n) is 7.29. The Morgan fingerprint density at radius 1 is 1.05 bits per heavy atom. The number of hydrogen-bond donors (Lipinski definition) is 2. The van der Waals surface area contributed by atoms with E-state index in [2.05, 4.69) is 20.2 Å². The summed E-state index contributed by atoms with van der Waals surface area (Å²) < 4.78 is 40.0. The van der Waals surface area contributed by atoms with Crippen molar-refractivity contribution in [1.82, 2.24) is 15.3 Å². The molecule has 11 heteroatoms. The lowest BCUT2D eigenvalue weighted by atomic mass is 9.85. The Morgan fingerprint density at radius 2 is 1.76 bits per heavy atom. The molecule has 2 N–H and O–H groups in total. The van der Waals surface area contributed by atoms with Gasteiger partial charge in [0.1, 0.15) is 0 Å². The molecule has 1 aliphatic carbocycles. The standard InChI is InChI=1S/C27H25Cl2F3N4O2/c28-17-7-10-23(33-12-17)26(38)15-36(22-4-2-1-3-21(22)26)14-16-5-8-19(9-6-16)35-25(37)20-11-18(29)13-34-24(20)27(30,31)32/h1-4,7,10-13,16,19,38H,5-6,8-9,14-15H2,(H,35,37)/t16-,19-,26?. The molecule has 3 aromatic rings. The maximum Gasteiger partial charge on any atom is 0.434 e. The number of halogens is 5. The minimum Gasteiger partial charge on any atom is -0.377 e. The number of aliphatic hydroxyl groups is 1. The zero-order chi connectivity index (χ0) is 27.1. The number of anilines is 1. The Hall–Kier alpha value is -2.88. The van der Waals surface area contributed by atoms with E-state index in [-0.39, 0.29) is 17.0 Å². The van der Waals surface area contributed by atoms with Gasteiger partial charge in [-0.15, -0.1) is 0 Å². The normalized spacial score (nSPS) is 23.3. The molecule has 5 rings (SSSR count). The van der Waals surface area contributed by atoms with Crippen LogP contribution in [0.5, 0.6) is 0 Å². The van der Waals surface area contributed by atoms with Gasteiger partial charge in [0.2, 0.25) is 0 Å². The molecular formula is C27H25Cl2F3N4O2. The number of rotatable bonds is 5. The van der Waals surface area contributed by atoms with Crippen LogP contribution in [-0.2, 0) is 11.8 Å². The first-order valence-electron chi connectivity index (χ1n) is 12.3. The lowest BCUT2D eigenvalue weighted by Crippen LogP contribution is -2.41. The highest BCUT2D eigenvalue weighted by Crippen LogP contribution is 2.43. The second-order valence-electron chi connectivity index (χ2n) is 9.86. The Morgan fingerprint density at radius 3 is 2.45 bits per heavy atom. The number of nitrogens with zero attached hydrogens (tertiary/aromatic N) is 3. The van der Waals surface area contributed by atoms with Crippen LogP contribution >= 0.6 is 23.2 Å². The molecule has 6 nitrogen and oxygen atoms in total. The molecule has 1 saturated carbocycles. The molecule has 1 atom stereocenters. The highest BCUT2D eigenvalue weighted by molar-refractivity contribution is 6.31. The van der Waals surface area contributed by atoms with Crippen LogP contribution in [0, 0.1) is 5.92 Å². The highest BCUT2D eigenvalue weighted by Gasteiger charge is 2.44. The van der Waals surface area contributed by atoms with Crippen LogP contribution < -0.4 is 10.2 Å². The molecule has 0 spiro atoms. The van der Waals surface area contributed by atoms with Crippen LogP contribution in [0.15, 0.2) is 54.9 Å². The molecule has 1 fully saturated rings. The van der Waals surface area contributed by atoms with Gasteiger partial charge in [0.05, 0.1) is 27.8 Å². The number of para-hydroxylation sites is 1. The molecule has 1 unspecified atom stereocenters. The van der Waals surface area contributed by atoms with Gasteiger partial charge in [0.15, 0.2) is 11.3 Å². The first-order chi connectivity index (χ1) is 18.0. The van der Waals surface area contributed by atoms with E-state index in [9.17, 15) is 23.1 Å². The maximum absolute atomic E-state index is 13.3. The molecule has 1 amide bonds. The Labute approximate surface area is 227 Å². The Bertz CT molecular complexity index is 1330. The maximum atomic E-state index is 13.3. The van der Waals surface area contributed by atoms with E-state index in [1.807, 2.05) is 24.3 Å². The van der Waals surface area contributed by atoms with Crippen LogP contribution in [0.4, 0.5) is 18.9 Å². The zero-order valence-corrected chi connectivity index (χ0v) is 21.7. The summed E-state index contributed by atoms with van der Waals surface area (Å²) in [5.74, 6) is -0.542. The molecule has 200 valence electrons. The van der Waals surface area contributed by atoms with Gasteiger partial charge in [-0.3, -0.25) is 9.78 Å². The van der Waals surface area contributed by atoms with Crippen molar-refractivity contribution in [2.24, 2.45) is 5.92 Å². The van der Waals surface area contributed by atoms with E-state index in [0.717, 1.165) is 36.4 Å². The second-order valence-corrected chi connectivity index (χ2v) is 10.7. The zero-order valence-electron chi connectivity index (χ0n) is 20.2. The number of hydrogen-bond acceptors (Lipinski definition) is 5. The van der Waals surface area contributed by atoms with Crippen LogP contribution in [0.25, 0.3) is 0 Å². The number of carbonyl (C=O) groups is 1. The summed E-state index contributed by atoms with van der Waals surface area (Å²) in [7, 11) is 0. The SMILES string of the molecule is O=C(N[C@H]1CC[C@H](CN2CC(O)(c3ccc(Cl)cn3)c3ccccc32)CC1)c1cc(Cl)cnc1C(F)(F)F. The number of aromatic nitrogens is 2. The van der Waals surface area contributed by atoms with Gasteiger partial charge >= 0.3 is 6.18 Å². The summed E-state index contributed by atoms with van der Waals surface area (Å²) in [5.41, 5.74) is -0.842. The van der Waals surface area contributed by atoms with E-state index in [1.54, 1.807) is 12.1 Å². The van der Waals surface area contributed by atoms with Crippen molar-refractivity contribution in [3.05, 3.63) is 87.4 Å². The van der Waals surface area contributed by atoms with Crippen molar-refractivity contribution in [1.29, 1.82) is 0 Å². The largest absolute Gasteiger partial charge is 0.434 e.